The number of aryl methyl sites for hydroxylation is 2. The summed E-state index contributed by atoms with van der Waals surface area (Å²) in [5.41, 5.74) is 5.80. The summed E-state index contributed by atoms with van der Waals surface area (Å²) in [5.74, 6) is -0.176. The van der Waals surface area contributed by atoms with E-state index in [1.807, 2.05) is 42.5 Å². The van der Waals surface area contributed by atoms with Crippen molar-refractivity contribution < 1.29 is 4.39 Å². The molecule has 0 aliphatic rings. The zero-order chi connectivity index (χ0) is 22.6. The number of hydrogen-bond donors (Lipinski definition) is 0. The lowest BCUT2D eigenvalue weighted by atomic mass is 10.0. The minimum atomic E-state index is -0.176. The standard InChI is InChI=1S/C29H31FN2/c1-3-5-6-7-9-23-10-12-25(13-11-23)21-31-32-22-26-14-17-27(18-15-26)28-19-16-24(8-4-2)20-29(28)30/h3,10-22H,1,4-9H2,2H3. The van der Waals surface area contributed by atoms with Crippen molar-refractivity contribution in [2.45, 2.75) is 45.4 Å². The summed E-state index contributed by atoms with van der Waals surface area (Å²) >= 11 is 0. The molecule has 3 aromatic carbocycles. The SMILES string of the molecule is C=CCCCCc1ccc(C=NN=Cc2ccc(-c3ccc(CCC)cc3F)cc2)cc1. The third kappa shape index (κ3) is 7.12. The molecule has 0 aromatic heterocycles. The summed E-state index contributed by atoms with van der Waals surface area (Å²) in [6.45, 7) is 5.86. The molecule has 0 radical (unpaired) electrons. The van der Waals surface area contributed by atoms with Crippen LogP contribution >= 0.6 is 0 Å². The van der Waals surface area contributed by atoms with Gasteiger partial charge < -0.3 is 0 Å². The molecule has 0 heterocycles. The number of unbranched alkanes of at least 4 members (excludes halogenated alkanes) is 2. The van der Waals surface area contributed by atoms with Gasteiger partial charge in [-0.3, -0.25) is 0 Å². The minimum absolute atomic E-state index is 0.176. The van der Waals surface area contributed by atoms with E-state index in [9.17, 15) is 4.39 Å². The quantitative estimate of drug-likeness (QED) is 0.129. The Labute approximate surface area is 191 Å². The molecule has 2 nitrogen and oxygen atoms in total. The molecule has 0 aliphatic heterocycles. The largest absolute Gasteiger partial charge is 0.206 e. The van der Waals surface area contributed by atoms with E-state index < -0.39 is 0 Å². The first-order valence-electron chi connectivity index (χ1n) is 11.3. The number of hydrogen-bond acceptors (Lipinski definition) is 2. The van der Waals surface area contributed by atoms with Crippen LogP contribution in [0.3, 0.4) is 0 Å². The van der Waals surface area contributed by atoms with Gasteiger partial charge in [-0.25, -0.2) is 4.39 Å². The molecule has 0 N–H and O–H groups in total. The molecule has 3 rings (SSSR count). The van der Waals surface area contributed by atoms with Gasteiger partial charge in [-0.05, 0) is 66.0 Å². The molecule has 0 atom stereocenters. The van der Waals surface area contributed by atoms with Crippen LogP contribution in [0.15, 0.2) is 89.6 Å². The van der Waals surface area contributed by atoms with Crippen LogP contribution in [0, 0.1) is 5.82 Å². The smallest absolute Gasteiger partial charge is 0.131 e. The summed E-state index contributed by atoms with van der Waals surface area (Å²) in [4.78, 5) is 0. The van der Waals surface area contributed by atoms with Crippen LogP contribution in [0.25, 0.3) is 11.1 Å². The van der Waals surface area contributed by atoms with Crippen molar-refractivity contribution in [3.63, 3.8) is 0 Å². The maximum absolute atomic E-state index is 14.4. The van der Waals surface area contributed by atoms with Gasteiger partial charge >= 0.3 is 0 Å². The van der Waals surface area contributed by atoms with Gasteiger partial charge in [-0.1, -0.05) is 80.1 Å². The van der Waals surface area contributed by atoms with Crippen LogP contribution in [-0.2, 0) is 12.8 Å². The van der Waals surface area contributed by atoms with Gasteiger partial charge in [-0.2, -0.15) is 10.2 Å². The van der Waals surface area contributed by atoms with E-state index in [1.54, 1.807) is 18.5 Å². The molecule has 0 saturated carbocycles. The zero-order valence-corrected chi connectivity index (χ0v) is 18.8. The van der Waals surface area contributed by atoms with Gasteiger partial charge in [0.05, 0.1) is 12.4 Å². The molecule has 3 aromatic rings. The average Bonchev–Trinajstić information content (AvgIpc) is 2.81. The topological polar surface area (TPSA) is 24.7 Å². The van der Waals surface area contributed by atoms with Gasteiger partial charge in [0.2, 0.25) is 0 Å². The number of rotatable bonds is 11. The maximum atomic E-state index is 14.4. The van der Waals surface area contributed by atoms with E-state index in [2.05, 4.69) is 48.0 Å². The molecule has 0 saturated heterocycles. The lowest BCUT2D eigenvalue weighted by Gasteiger charge is -2.06. The van der Waals surface area contributed by atoms with Gasteiger partial charge in [0, 0.05) is 5.56 Å². The fourth-order valence-electron chi connectivity index (χ4n) is 3.57. The summed E-state index contributed by atoms with van der Waals surface area (Å²) in [6.07, 6.45) is 11.9. The number of benzene rings is 3. The second kappa shape index (κ2) is 12.5. The van der Waals surface area contributed by atoms with Crippen LogP contribution in [0.2, 0.25) is 0 Å². The monoisotopic (exact) mass is 426 g/mol. The van der Waals surface area contributed by atoms with Gasteiger partial charge in [0.25, 0.3) is 0 Å². The van der Waals surface area contributed by atoms with Crippen LogP contribution < -0.4 is 0 Å². The number of nitrogens with zero attached hydrogens (tertiary/aromatic N) is 2. The molecular formula is C29H31FN2. The van der Waals surface area contributed by atoms with Crippen molar-refractivity contribution in [2.24, 2.45) is 10.2 Å². The van der Waals surface area contributed by atoms with Crippen LogP contribution in [-0.4, -0.2) is 12.4 Å². The molecule has 0 bridgehead atoms. The first kappa shape index (κ1) is 23.3. The molecule has 0 spiro atoms. The van der Waals surface area contributed by atoms with Crippen LogP contribution in [0.4, 0.5) is 4.39 Å². The van der Waals surface area contributed by atoms with E-state index in [1.165, 1.54) is 18.4 Å². The Morgan fingerprint density at radius 1 is 0.781 bits per heavy atom. The molecule has 0 unspecified atom stereocenters. The summed E-state index contributed by atoms with van der Waals surface area (Å²) < 4.78 is 14.4. The molecule has 0 aliphatic carbocycles. The molecule has 0 fully saturated rings. The van der Waals surface area contributed by atoms with E-state index >= 15 is 0 Å². The Balaban J connectivity index is 1.54. The molecule has 164 valence electrons. The van der Waals surface area contributed by atoms with E-state index in [4.69, 9.17) is 0 Å². The normalized spacial score (nSPS) is 11.4. The lowest BCUT2D eigenvalue weighted by Crippen LogP contribution is -1.90. The summed E-state index contributed by atoms with van der Waals surface area (Å²) in [7, 11) is 0. The summed E-state index contributed by atoms with van der Waals surface area (Å²) in [5, 5.41) is 8.29. The highest BCUT2D eigenvalue weighted by molar-refractivity contribution is 5.83. The van der Waals surface area contributed by atoms with Crippen molar-refractivity contribution in [2.75, 3.05) is 0 Å². The highest BCUT2D eigenvalue weighted by Gasteiger charge is 2.06. The summed E-state index contributed by atoms with van der Waals surface area (Å²) in [6, 6.07) is 21.6. The van der Waals surface area contributed by atoms with Crippen molar-refractivity contribution in [1.82, 2.24) is 0 Å². The zero-order valence-electron chi connectivity index (χ0n) is 18.8. The lowest BCUT2D eigenvalue weighted by molar-refractivity contribution is 0.628. The predicted octanol–water partition coefficient (Wildman–Crippen LogP) is 7.80. The van der Waals surface area contributed by atoms with Crippen molar-refractivity contribution in [3.8, 4) is 11.1 Å². The fourth-order valence-corrected chi connectivity index (χ4v) is 3.57. The second-order valence-corrected chi connectivity index (χ2v) is 7.95. The maximum Gasteiger partial charge on any atom is 0.131 e. The first-order valence-corrected chi connectivity index (χ1v) is 11.3. The van der Waals surface area contributed by atoms with Crippen LogP contribution in [0.1, 0.15) is 54.9 Å². The Hall–Kier alpha value is -3.33. The molecule has 0 amide bonds. The predicted molar refractivity (Wildman–Crippen MR) is 135 cm³/mol. The van der Waals surface area contributed by atoms with E-state index in [-0.39, 0.29) is 5.82 Å². The van der Waals surface area contributed by atoms with Crippen molar-refractivity contribution in [3.05, 3.63) is 107 Å². The average molecular weight is 427 g/mol. The van der Waals surface area contributed by atoms with Gasteiger partial charge in [0.1, 0.15) is 5.82 Å². The van der Waals surface area contributed by atoms with Gasteiger partial charge in [-0.15, -0.1) is 6.58 Å². The molecule has 3 heteroatoms. The highest BCUT2D eigenvalue weighted by atomic mass is 19.1. The van der Waals surface area contributed by atoms with E-state index in [0.29, 0.717) is 5.56 Å². The Bertz CT molecular complexity index is 1050. The Morgan fingerprint density at radius 2 is 1.41 bits per heavy atom. The third-order valence-corrected chi connectivity index (χ3v) is 5.38. The molecular weight excluding hydrogens is 395 g/mol. The fraction of sp³-hybridized carbons (Fsp3) is 0.241. The minimum Gasteiger partial charge on any atom is -0.206 e. The highest BCUT2D eigenvalue weighted by Crippen LogP contribution is 2.24. The number of allylic oxidation sites excluding steroid dienone is 1. The molecule has 32 heavy (non-hydrogen) atoms. The van der Waals surface area contributed by atoms with Crippen LogP contribution in [0.5, 0.6) is 0 Å². The van der Waals surface area contributed by atoms with E-state index in [0.717, 1.165) is 47.9 Å². The Morgan fingerprint density at radius 3 is 2.00 bits per heavy atom. The third-order valence-electron chi connectivity index (χ3n) is 5.38. The van der Waals surface area contributed by atoms with Crippen molar-refractivity contribution >= 4 is 12.4 Å². The Kier molecular flexibility index (Phi) is 9.12. The second-order valence-electron chi connectivity index (χ2n) is 7.95. The first-order chi connectivity index (χ1) is 15.7. The number of halogens is 1. The van der Waals surface area contributed by atoms with Crippen molar-refractivity contribution in [1.29, 1.82) is 0 Å². The van der Waals surface area contributed by atoms with Gasteiger partial charge in [0.15, 0.2) is 0 Å².